The number of nitrogens with zero attached hydrogens (tertiary/aromatic N) is 2. The third-order valence-electron chi connectivity index (χ3n) is 3.30. The monoisotopic (exact) mass is 258 g/mol. The normalized spacial score (nSPS) is 12.0. The maximum atomic E-state index is 12.0. The van der Waals surface area contributed by atoms with Crippen LogP contribution in [-0.4, -0.2) is 17.9 Å². The molecule has 0 aromatic heterocycles. The third-order valence-corrected chi connectivity index (χ3v) is 3.30. The van der Waals surface area contributed by atoms with Gasteiger partial charge in [0.25, 0.3) is 0 Å². The van der Waals surface area contributed by atoms with Crippen LogP contribution in [0.1, 0.15) is 44.2 Å². The van der Waals surface area contributed by atoms with Gasteiger partial charge in [-0.1, -0.05) is 45.0 Å². The summed E-state index contributed by atoms with van der Waals surface area (Å²) in [5.74, 6) is -0.116. The molecule has 0 spiro atoms. The molecule has 1 rings (SSSR count). The van der Waals surface area contributed by atoms with Crippen LogP contribution in [0, 0.1) is 17.2 Å². The number of benzene rings is 1. The highest BCUT2D eigenvalue weighted by molar-refractivity contribution is 5.80. The van der Waals surface area contributed by atoms with Crippen molar-refractivity contribution >= 4 is 5.91 Å². The molecule has 0 aliphatic heterocycles. The second-order valence-corrected chi connectivity index (χ2v) is 5.18. The van der Waals surface area contributed by atoms with Crippen LogP contribution in [0.2, 0.25) is 0 Å². The fourth-order valence-electron chi connectivity index (χ4n) is 1.95. The first-order valence-electron chi connectivity index (χ1n) is 6.73. The summed E-state index contributed by atoms with van der Waals surface area (Å²) >= 11 is 0. The molecule has 102 valence electrons. The Morgan fingerprint density at radius 3 is 2.32 bits per heavy atom. The molecule has 19 heavy (non-hydrogen) atoms. The second-order valence-electron chi connectivity index (χ2n) is 5.18. The topological polar surface area (TPSA) is 44.1 Å². The molecule has 1 unspecified atom stereocenters. The fourth-order valence-corrected chi connectivity index (χ4v) is 1.95. The van der Waals surface area contributed by atoms with Gasteiger partial charge in [-0.2, -0.15) is 5.26 Å². The predicted octanol–water partition coefficient (Wildman–Crippen LogP) is 3.32. The Hall–Kier alpha value is -1.82. The quantitative estimate of drug-likeness (QED) is 0.813. The van der Waals surface area contributed by atoms with Gasteiger partial charge in [-0.25, -0.2) is 0 Å². The number of nitriles is 1. The van der Waals surface area contributed by atoms with E-state index in [0.717, 1.165) is 5.56 Å². The zero-order valence-electron chi connectivity index (χ0n) is 12.2. The van der Waals surface area contributed by atoms with Gasteiger partial charge in [-0.05, 0) is 23.5 Å². The molecule has 1 atom stereocenters. The van der Waals surface area contributed by atoms with Crippen LogP contribution in [0.3, 0.4) is 0 Å². The summed E-state index contributed by atoms with van der Waals surface area (Å²) in [6, 6.07) is 10.3. The molecule has 0 bridgehead atoms. The van der Waals surface area contributed by atoms with Crippen molar-refractivity contribution in [3.63, 3.8) is 0 Å². The summed E-state index contributed by atoms with van der Waals surface area (Å²) in [6.45, 7) is 6.72. The van der Waals surface area contributed by atoms with Crippen molar-refractivity contribution in [2.24, 2.45) is 5.92 Å². The molecule has 0 saturated carbocycles. The molecular formula is C16H22N2O. The summed E-state index contributed by atoms with van der Waals surface area (Å²) in [5.41, 5.74) is 2.38. The average molecular weight is 258 g/mol. The standard InChI is InChI=1S/C16H22N2O/c1-5-14(10-17)16(19)18(4)11-13-6-8-15(9-7-13)12(2)3/h6-9,12,14H,5,11H2,1-4H3. The van der Waals surface area contributed by atoms with Crippen molar-refractivity contribution in [3.05, 3.63) is 35.4 Å². The number of carbonyl (C=O) groups excluding carboxylic acids is 1. The molecule has 1 aromatic rings. The highest BCUT2D eigenvalue weighted by Crippen LogP contribution is 2.16. The fraction of sp³-hybridized carbons (Fsp3) is 0.500. The summed E-state index contributed by atoms with van der Waals surface area (Å²) in [4.78, 5) is 13.6. The van der Waals surface area contributed by atoms with Crippen molar-refractivity contribution in [1.29, 1.82) is 5.26 Å². The molecule has 0 aliphatic carbocycles. The molecule has 0 N–H and O–H groups in total. The Labute approximate surface area is 115 Å². The summed E-state index contributed by atoms with van der Waals surface area (Å²) in [5, 5.41) is 8.91. The second kappa shape index (κ2) is 6.94. The van der Waals surface area contributed by atoms with Gasteiger partial charge in [0.1, 0.15) is 5.92 Å². The van der Waals surface area contributed by atoms with Gasteiger partial charge >= 0.3 is 0 Å². The van der Waals surface area contributed by atoms with Crippen LogP contribution in [0.4, 0.5) is 0 Å². The third kappa shape index (κ3) is 4.10. The minimum atomic E-state index is -0.528. The Morgan fingerprint density at radius 2 is 1.89 bits per heavy atom. The Balaban J connectivity index is 2.69. The van der Waals surface area contributed by atoms with E-state index in [9.17, 15) is 4.79 Å². The first-order valence-corrected chi connectivity index (χ1v) is 6.73. The highest BCUT2D eigenvalue weighted by Gasteiger charge is 2.19. The maximum absolute atomic E-state index is 12.0. The van der Waals surface area contributed by atoms with Crippen LogP contribution in [0.25, 0.3) is 0 Å². The summed E-state index contributed by atoms with van der Waals surface area (Å²) in [6.07, 6.45) is 0.561. The first-order chi connectivity index (χ1) is 8.99. The van der Waals surface area contributed by atoms with E-state index in [-0.39, 0.29) is 5.91 Å². The van der Waals surface area contributed by atoms with E-state index in [1.807, 2.05) is 19.1 Å². The number of amides is 1. The molecule has 0 saturated heterocycles. The van der Waals surface area contributed by atoms with Gasteiger partial charge in [-0.3, -0.25) is 4.79 Å². The molecule has 3 nitrogen and oxygen atoms in total. The van der Waals surface area contributed by atoms with E-state index in [1.54, 1.807) is 11.9 Å². The first kappa shape index (κ1) is 15.2. The molecule has 0 fully saturated rings. The van der Waals surface area contributed by atoms with Crippen molar-refractivity contribution < 1.29 is 4.79 Å². The summed E-state index contributed by atoms with van der Waals surface area (Å²) < 4.78 is 0. The smallest absolute Gasteiger partial charge is 0.239 e. The lowest BCUT2D eigenvalue weighted by atomic mass is 10.0. The molecule has 0 aliphatic rings. The number of hydrogen-bond donors (Lipinski definition) is 0. The molecule has 1 amide bonds. The van der Waals surface area contributed by atoms with E-state index in [4.69, 9.17) is 5.26 Å². The van der Waals surface area contributed by atoms with Crippen molar-refractivity contribution in [3.8, 4) is 6.07 Å². The van der Waals surface area contributed by atoms with Crippen LogP contribution in [-0.2, 0) is 11.3 Å². The maximum Gasteiger partial charge on any atom is 0.239 e. The van der Waals surface area contributed by atoms with E-state index in [1.165, 1.54) is 5.56 Å². The lowest BCUT2D eigenvalue weighted by Gasteiger charge is -2.19. The Kier molecular flexibility index (Phi) is 5.57. The van der Waals surface area contributed by atoms with Gasteiger partial charge in [0, 0.05) is 13.6 Å². The van der Waals surface area contributed by atoms with Gasteiger partial charge in [0.15, 0.2) is 0 Å². The van der Waals surface area contributed by atoms with Gasteiger partial charge in [0.2, 0.25) is 5.91 Å². The van der Waals surface area contributed by atoms with E-state index >= 15 is 0 Å². The zero-order valence-corrected chi connectivity index (χ0v) is 12.2. The minimum Gasteiger partial charge on any atom is -0.340 e. The van der Waals surface area contributed by atoms with Crippen LogP contribution < -0.4 is 0 Å². The van der Waals surface area contributed by atoms with E-state index in [0.29, 0.717) is 18.9 Å². The van der Waals surface area contributed by atoms with Crippen LogP contribution in [0.15, 0.2) is 24.3 Å². The number of rotatable bonds is 5. The van der Waals surface area contributed by atoms with Gasteiger partial charge in [-0.15, -0.1) is 0 Å². The summed E-state index contributed by atoms with van der Waals surface area (Å²) in [7, 11) is 1.75. The number of carbonyl (C=O) groups is 1. The molecule has 1 aromatic carbocycles. The van der Waals surface area contributed by atoms with E-state index < -0.39 is 5.92 Å². The zero-order chi connectivity index (χ0) is 14.4. The van der Waals surface area contributed by atoms with Crippen molar-refractivity contribution in [2.45, 2.75) is 39.7 Å². The molecule has 3 heteroatoms. The van der Waals surface area contributed by atoms with Gasteiger partial charge < -0.3 is 4.90 Å². The Bertz CT molecular complexity index is 457. The van der Waals surface area contributed by atoms with Crippen LogP contribution >= 0.6 is 0 Å². The van der Waals surface area contributed by atoms with Crippen LogP contribution in [0.5, 0.6) is 0 Å². The van der Waals surface area contributed by atoms with Crippen molar-refractivity contribution in [1.82, 2.24) is 4.90 Å². The average Bonchev–Trinajstić information content (AvgIpc) is 2.40. The molecule has 0 radical (unpaired) electrons. The largest absolute Gasteiger partial charge is 0.340 e. The molecule has 0 heterocycles. The Morgan fingerprint density at radius 1 is 1.32 bits per heavy atom. The van der Waals surface area contributed by atoms with Crippen molar-refractivity contribution in [2.75, 3.05) is 7.05 Å². The highest BCUT2D eigenvalue weighted by atomic mass is 16.2. The number of hydrogen-bond acceptors (Lipinski definition) is 2. The van der Waals surface area contributed by atoms with E-state index in [2.05, 4.69) is 32.0 Å². The lowest BCUT2D eigenvalue weighted by molar-refractivity contribution is -0.133. The predicted molar refractivity (Wildman–Crippen MR) is 76.4 cm³/mol. The molecular weight excluding hydrogens is 236 g/mol. The SMILES string of the molecule is CCC(C#N)C(=O)N(C)Cc1ccc(C(C)C)cc1. The van der Waals surface area contributed by atoms with Gasteiger partial charge in [0.05, 0.1) is 6.07 Å². The lowest BCUT2D eigenvalue weighted by Crippen LogP contribution is -2.31. The minimum absolute atomic E-state index is 0.0991.